The molecule has 4 heteroatoms. The maximum atomic E-state index is 13.5. The smallest absolute Gasteiger partial charge is 0.129 e. The predicted octanol–water partition coefficient (Wildman–Crippen LogP) is 2.78. The zero-order valence-electron chi connectivity index (χ0n) is 10.6. The minimum absolute atomic E-state index is 0.0944. The van der Waals surface area contributed by atoms with E-state index in [1.807, 2.05) is 20.8 Å². The van der Waals surface area contributed by atoms with E-state index in [1.165, 1.54) is 18.2 Å². The average molecular weight is 242 g/mol. The van der Waals surface area contributed by atoms with E-state index in [1.54, 1.807) is 0 Å². The summed E-state index contributed by atoms with van der Waals surface area (Å²) < 4.78 is 27.1. The number of hydrogen-bond donors (Lipinski definition) is 2. The molecule has 1 aromatic carbocycles. The Morgan fingerprint density at radius 1 is 1.29 bits per heavy atom. The van der Waals surface area contributed by atoms with Crippen LogP contribution in [0.25, 0.3) is 0 Å². The second kappa shape index (κ2) is 5.56. The molecule has 96 valence electrons. The first-order valence-corrected chi connectivity index (χ1v) is 5.81. The van der Waals surface area contributed by atoms with Gasteiger partial charge in [-0.1, -0.05) is 26.8 Å². The Morgan fingerprint density at radius 2 is 1.82 bits per heavy atom. The molecule has 17 heavy (non-hydrogen) atoms. The van der Waals surface area contributed by atoms with E-state index in [0.717, 1.165) is 6.42 Å². The van der Waals surface area contributed by atoms with Crippen LogP contribution in [0.3, 0.4) is 0 Å². The summed E-state index contributed by atoms with van der Waals surface area (Å²) in [6, 6.07) is 3.73. The maximum Gasteiger partial charge on any atom is 0.129 e. The van der Waals surface area contributed by atoms with Crippen molar-refractivity contribution in [1.82, 2.24) is 5.43 Å². The van der Waals surface area contributed by atoms with Gasteiger partial charge in [0.1, 0.15) is 11.6 Å². The summed E-state index contributed by atoms with van der Waals surface area (Å²) in [7, 11) is 0. The monoisotopic (exact) mass is 242 g/mol. The van der Waals surface area contributed by atoms with Crippen LogP contribution in [0.4, 0.5) is 8.78 Å². The van der Waals surface area contributed by atoms with E-state index < -0.39 is 11.6 Å². The van der Waals surface area contributed by atoms with E-state index >= 15 is 0 Å². The Bertz CT molecular complexity index is 357. The highest BCUT2D eigenvalue weighted by Gasteiger charge is 2.28. The van der Waals surface area contributed by atoms with Crippen LogP contribution in [-0.4, -0.2) is 6.04 Å². The third kappa shape index (κ3) is 3.23. The quantitative estimate of drug-likeness (QED) is 0.615. The van der Waals surface area contributed by atoms with Gasteiger partial charge in [-0.2, -0.15) is 0 Å². The molecule has 0 heterocycles. The van der Waals surface area contributed by atoms with Crippen molar-refractivity contribution in [3.63, 3.8) is 0 Å². The van der Waals surface area contributed by atoms with Crippen molar-refractivity contribution in [3.8, 4) is 0 Å². The molecule has 1 unspecified atom stereocenters. The van der Waals surface area contributed by atoms with E-state index in [9.17, 15) is 8.78 Å². The van der Waals surface area contributed by atoms with Gasteiger partial charge < -0.3 is 0 Å². The molecule has 0 saturated heterocycles. The zero-order valence-corrected chi connectivity index (χ0v) is 10.6. The molecule has 0 aliphatic carbocycles. The van der Waals surface area contributed by atoms with Gasteiger partial charge in [-0.05, 0) is 30.4 Å². The van der Waals surface area contributed by atoms with Gasteiger partial charge in [0.15, 0.2) is 0 Å². The molecule has 3 N–H and O–H groups in total. The van der Waals surface area contributed by atoms with Crippen molar-refractivity contribution in [2.24, 2.45) is 11.3 Å². The minimum atomic E-state index is -0.517. The Kier molecular flexibility index (Phi) is 4.60. The van der Waals surface area contributed by atoms with Crippen molar-refractivity contribution in [3.05, 3.63) is 35.4 Å². The van der Waals surface area contributed by atoms with Gasteiger partial charge in [0.2, 0.25) is 0 Å². The standard InChI is InChI=1S/C13H20F2N2/c1-4-13(2,3)12(17-16)8-9-10(14)6-5-7-11(9)15/h5-7,12,17H,4,8,16H2,1-3H3. The molecule has 0 radical (unpaired) electrons. The van der Waals surface area contributed by atoms with E-state index in [-0.39, 0.29) is 23.4 Å². The van der Waals surface area contributed by atoms with Gasteiger partial charge in [-0.25, -0.2) is 8.78 Å². The van der Waals surface area contributed by atoms with Crippen molar-refractivity contribution in [2.45, 2.75) is 39.7 Å². The van der Waals surface area contributed by atoms with Gasteiger partial charge in [0, 0.05) is 11.6 Å². The second-order valence-corrected chi connectivity index (χ2v) is 4.97. The molecule has 0 bridgehead atoms. The van der Waals surface area contributed by atoms with Crippen LogP contribution in [0.1, 0.15) is 32.8 Å². The number of hydrogen-bond acceptors (Lipinski definition) is 2. The second-order valence-electron chi connectivity index (χ2n) is 4.97. The SMILES string of the molecule is CCC(C)(C)C(Cc1c(F)cccc1F)NN. The molecule has 0 fully saturated rings. The van der Waals surface area contributed by atoms with Crippen LogP contribution in [-0.2, 0) is 6.42 Å². The molecule has 0 aromatic heterocycles. The largest absolute Gasteiger partial charge is 0.271 e. The summed E-state index contributed by atoms with van der Waals surface area (Å²) >= 11 is 0. The fourth-order valence-corrected chi connectivity index (χ4v) is 1.74. The highest BCUT2D eigenvalue weighted by Crippen LogP contribution is 2.28. The fraction of sp³-hybridized carbons (Fsp3) is 0.538. The first-order valence-electron chi connectivity index (χ1n) is 5.81. The summed E-state index contributed by atoms with van der Waals surface area (Å²) in [5.74, 6) is 4.45. The summed E-state index contributed by atoms with van der Waals surface area (Å²) in [5, 5.41) is 0. The van der Waals surface area contributed by atoms with Crippen molar-refractivity contribution < 1.29 is 8.78 Å². The van der Waals surface area contributed by atoms with Crippen molar-refractivity contribution in [1.29, 1.82) is 0 Å². The molecule has 1 atom stereocenters. The average Bonchev–Trinajstić information content (AvgIpc) is 2.28. The predicted molar refractivity (Wildman–Crippen MR) is 65.2 cm³/mol. The number of nitrogens with two attached hydrogens (primary N) is 1. The van der Waals surface area contributed by atoms with Crippen LogP contribution < -0.4 is 11.3 Å². The number of hydrazine groups is 1. The van der Waals surface area contributed by atoms with Crippen LogP contribution in [0.5, 0.6) is 0 Å². The van der Waals surface area contributed by atoms with Crippen LogP contribution >= 0.6 is 0 Å². The van der Waals surface area contributed by atoms with Crippen molar-refractivity contribution in [2.75, 3.05) is 0 Å². The van der Waals surface area contributed by atoms with Gasteiger partial charge in [-0.3, -0.25) is 11.3 Å². The summed E-state index contributed by atoms with van der Waals surface area (Å²) in [4.78, 5) is 0. The molecule has 1 aromatic rings. The highest BCUT2D eigenvalue weighted by molar-refractivity contribution is 5.21. The molecule has 0 aliphatic rings. The summed E-state index contributed by atoms with van der Waals surface area (Å²) in [6.07, 6.45) is 1.12. The molecule has 0 amide bonds. The third-order valence-electron chi connectivity index (χ3n) is 3.53. The number of halogens is 2. The number of benzene rings is 1. The van der Waals surface area contributed by atoms with Gasteiger partial charge >= 0.3 is 0 Å². The normalized spacial score (nSPS) is 13.8. The summed E-state index contributed by atoms with van der Waals surface area (Å²) in [5.41, 5.74) is 2.64. The van der Waals surface area contributed by atoms with Gasteiger partial charge in [0.25, 0.3) is 0 Å². The highest BCUT2D eigenvalue weighted by atomic mass is 19.1. The van der Waals surface area contributed by atoms with Gasteiger partial charge in [-0.15, -0.1) is 0 Å². The molecular weight excluding hydrogens is 222 g/mol. The Morgan fingerprint density at radius 3 is 2.24 bits per heavy atom. The fourth-order valence-electron chi connectivity index (χ4n) is 1.74. The topological polar surface area (TPSA) is 38.0 Å². The molecule has 2 nitrogen and oxygen atoms in total. The van der Waals surface area contributed by atoms with Crippen LogP contribution in [0.2, 0.25) is 0 Å². The van der Waals surface area contributed by atoms with Gasteiger partial charge in [0.05, 0.1) is 0 Å². The van der Waals surface area contributed by atoms with Crippen LogP contribution in [0.15, 0.2) is 18.2 Å². The molecule has 1 rings (SSSR count). The van der Waals surface area contributed by atoms with E-state index in [0.29, 0.717) is 0 Å². The Labute approximate surface area is 101 Å². The third-order valence-corrected chi connectivity index (χ3v) is 3.53. The minimum Gasteiger partial charge on any atom is -0.271 e. The molecule has 0 aliphatic heterocycles. The lowest BCUT2D eigenvalue weighted by atomic mass is 9.79. The van der Waals surface area contributed by atoms with Crippen LogP contribution in [0, 0.1) is 17.0 Å². The lowest BCUT2D eigenvalue weighted by Crippen LogP contribution is -2.47. The van der Waals surface area contributed by atoms with Crippen molar-refractivity contribution >= 4 is 0 Å². The maximum absolute atomic E-state index is 13.5. The lowest BCUT2D eigenvalue weighted by Gasteiger charge is -2.33. The first kappa shape index (κ1) is 14.1. The Hall–Kier alpha value is -1.00. The number of nitrogens with one attached hydrogen (secondary N) is 1. The first-order chi connectivity index (χ1) is 7.92. The molecular formula is C13H20F2N2. The zero-order chi connectivity index (χ0) is 13.1. The molecule has 0 spiro atoms. The number of rotatable bonds is 5. The molecule has 0 saturated carbocycles. The lowest BCUT2D eigenvalue weighted by molar-refractivity contribution is 0.228. The van der Waals surface area contributed by atoms with E-state index in [2.05, 4.69) is 5.43 Å². The Balaban J connectivity index is 2.96. The summed E-state index contributed by atoms with van der Waals surface area (Å²) in [6.45, 7) is 6.08. The van der Waals surface area contributed by atoms with E-state index in [4.69, 9.17) is 5.84 Å².